The van der Waals surface area contributed by atoms with Crippen LogP contribution >= 0.6 is 0 Å². The van der Waals surface area contributed by atoms with E-state index in [2.05, 4.69) is 60.0 Å². The standard InChI is InChI=1S/C16H20N2/c1-4-5-8-11-17-12-16-13(2)14-9-6-7-10-15(14)18(16)3/h6-7,9-10,17H,8,11-12H2,1-3H3. The Morgan fingerprint density at radius 3 is 2.78 bits per heavy atom. The number of hydrogen-bond donors (Lipinski definition) is 1. The fraction of sp³-hybridized carbons (Fsp3) is 0.375. The van der Waals surface area contributed by atoms with E-state index in [9.17, 15) is 0 Å². The van der Waals surface area contributed by atoms with Crippen LogP contribution in [0.3, 0.4) is 0 Å². The summed E-state index contributed by atoms with van der Waals surface area (Å²) < 4.78 is 2.28. The lowest BCUT2D eigenvalue weighted by atomic mass is 10.1. The van der Waals surface area contributed by atoms with Gasteiger partial charge in [-0.1, -0.05) is 18.2 Å². The van der Waals surface area contributed by atoms with Crippen LogP contribution < -0.4 is 5.32 Å². The molecule has 0 atom stereocenters. The van der Waals surface area contributed by atoms with E-state index in [4.69, 9.17) is 0 Å². The Hall–Kier alpha value is -1.72. The van der Waals surface area contributed by atoms with Crippen molar-refractivity contribution in [3.8, 4) is 11.8 Å². The molecular weight excluding hydrogens is 220 g/mol. The molecule has 0 radical (unpaired) electrons. The molecule has 0 amide bonds. The maximum absolute atomic E-state index is 3.46. The van der Waals surface area contributed by atoms with Crippen LogP contribution in [-0.4, -0.2) is 11.1 Å². The molecule has 1 aromatic heterocycles. The molecule has 0 fully saturated rings. The number of aromatic nitrogens is 1. The average molecular weight is 240 g/mol. The van der Waals surface area contributed by atoms with E-state index in [0.29, 0.717) is 0 Å². The normalized spacial score (nSPS) is 10.4. The second-order valence-electron chi connectivity index (χ2n) is 4.50. The van der Waals surface area contributed by atoms with E-state index in [1.807, 2.05) is 6.92 Å². The molecule has 18 heavy (non-hydrogen) atoms. The fourth-order valence-corrected chi connectivity index (χ4v) is 2.37. The summed E-state index contributed by atoms with van der Waals surface area (Å²) >= 11 is 0. The van der Waals surface area contributed by atoms with Gasteiger partial charge >= 0.3 is 0 Å². The van der Waals surface area contributed by atoms with Crippen molar-refractivity contribution in [2.45, 2.75) is 26.8 Å². The van der Waals surface area contributed by atoms with E-state index in [1.165, 1.54) is 22.2 Å². The highest BCUT2D eigenvalue weighted by Gasteiger charge is 2.09. The highest BCUT2D eigenvalue weighted by molar-refractivity contribution is 5.85. The van der Waals surface area contributed by atoms with Crippen molar-refractivity contribution in [3.63, 3.8) is 0 Å². The number of nitrogens with one attached hydrogen (secondary N) is 1. The quantitative estimate of drug-likeness (QED) is 0.642. The summed E-state index contributed by atoms with van der Waals surface area (Å²) in [6, 6.07) is 8.56. The van der Waals surface area contributed by atoms with Crippen molar-refractivity contribution < 1.29 is 0 Å². The van der Waals surface area contributed by atoms with Gasteiger partial charge in [-0.15, -0.1) is 11.8 Å². The molecular formula is C16H20N2. The van der Waals surface area contributed by atoms with Crippen molar-refractivity contribution in [3.05, 3.63) is 35.5 Å². The van der Waals surface area contributed by atoms with E-state index in [0.717, 1.165) is 19.5 Å². The minimum absolute atomic E-state index is 0.905. The smallest absolute Gasteiger partial charge is 0.0483 e. The Balaban J connectivity index is 2.15. The first kappa shape index (κ1) is 12.7. The van der Waals surface area contributed by atoms with E-state index < -0.39 is 0 Å². The molecule has 0 aliphatic rings. The number of para-hydroxylation sites is 1. The topological polar surface area (TPSA) is 17.0 Å². The highest BCUT2D eigenvalue weighted by atomic mass is 15.0. The van der Waals surface area contributed by atoms with Gasteiger partial charge in [-0.25, -0.2) is 0 Å². The lowest BCUT2D eigenvalue weighted by Crippen LogP contribution is -2.17. The lowest BCUT2D eigenvalue weighted by molar-refractivity contribution is 0.664. The SMILES string of the molecule is CC#CCCNCc1c(C)c2ccccc2n1C. The molecule has 1 N–H and O–H groups in total. The van der Waals surface area contributed by atoms with E-state index in [-0.39, 0.29) is 0 Å². The molecule has 0 spiro atoms. The Morgan fingerprint density at radius 2 is 2.06 bits per heavy atom. The largest absolute Gasteiger partial charge is 0.346 e. The molecule has 1 heterocycles. The zero-order valence-electron chi connectivity index (χ0n) is 11.4. The van der Waals surface area contributed by atoms with Gasteiger partial charge in [-0.2, -0.15) is 0 Å². The van der Waals surface area contributed by atoms with Crippen LogP contribution in [0.4, 0.5) is 0 Å². The monoisotopic (exact) mass is 240 g/mol. The van der Waals surface area contributed by atoms with Crippen LogP contribution in [0.2, 0.25) is 0 Å². The zero-order valence-corrected chi connectivity index (χ0v) is 11.4. The van der Waals surface area contributed by atoms with Gasteiger partial charge < -0.3 is 9.88 Å². The number of rotatable bonds is 4. The molecule has 1 aromatic carbocycles. The molecule has 2 rings (SSSR count). The van der Waals surface area contributed by atoms with Crippen LogP contribution in [0.1, 0.15) is 24.6 Å². The molecule has 94 valence electrons. The van der Waals surface area contributed by atoms with Crippen molar-refractivity contribution >= 4 is 10.9 Å². The number of nitrogens with zero attached hydrogens (tertiary/aromatic N) is 1. The minimum atomic E-state index is 0.905. The maximum Gasteiger partial charge on any atom is 0.0483 e. The summed E-state index contributed by atoms with van der Waals surface area (Å²) in [5.74, 6) is 5.99. The van der Waals surface area contributed by atoms with Gasteiger partial charge in [0.2, 0.25) is 0 Å². The Labute approximate surface area is 109 Å². The highest BCUT2D eigenvalue weighted by Crippen LogP contribution is 2.24. The Morgan fingerprint density at radius 1 is 1.28 bits per heavy atom. The summed E-state index contributed by atoms with van der Waals surface area (Å²) in [5, 5.41) is 4.81. The van der Waals surface area contributed by atoms with Gasteiger partial charge in [0.05, 0.1) is 0 Å². The molecule has 2 nitrogen and oxygen atoms in total. The van der Waals surface area contributed by atoms with Crippen molar-refractivity contribution in [2.24, 2.45) is 7.05 Å². The van der Waals surface area contributed by atoms with Gasteiger partial charge in [0.25, 0.3) is 0 Å². The lowest BCUT2D eigenvalue weighted by Gasteiger charge is -2.06. The predicted octanol–water partition coefficient (Wildman–Crippen LogP) is 2.99. The first-order valence-corrected chi connectivity index (χ1v) is 6.39. The van der Waals surface area contributed by atoms with Gasteiger partial charge in [-0.05, 0) is 25.5 Å². The minimum Gasteiger partial charge on any atom is -0.346 e. The third kappa shape index (κ3) is 2.42. The molecule has 2 aromatic rings. The van der Waals surface area contributed by atoms with Crippen LogP contribution in [-0.2, 0) is 13.6 Å². The summed E-state index contributed by atoms with van der Waals surface area (Å²) in [6.45, 7) is 5.93. The molecule has 0 bridgehead atoms. The first-order chi connectivity index (χ1) is 8.75. The second kappa shape index (κ2) is 5.75. The maximum atomic E-state index is 3.46. The summed E-state index contributed by atoms with van der Waals surface area (Å²) in [4.78, 5) is 0. The molecule has 0 aliphatic heterocycles. The van der Waals surface area contributed by atoms with E-state index >= 15 is 0 Å². The van der Waals surface area contributed by atoms with Gasteiger partial charge in [-0.3, -0.25) is 0 Å². The summed E-state index contributed by atoms with van der Waals surface area (Å²) in [5.41, 5.74) is 4.04. The average Bonchev–Trinajstić information content (AvgIpc) is 2.64. The van der Waals surface area contributed by atoms with Gasteiger partial charge in [0.1, 0.15) is 0 Å². The molecule has 0 aliphatic carbocycles. The molecule has 0 saturated carbocycles. The number of benzene rings is 1. The predicted molar refractivity (Wildman–Crippen MR) is 77.4 cm³/mol. The first-order valence-electron chi connectivity index (χ1n) is 6.39. The van der Waals surface area contributed by atoms with Crippen molar-refractivity contribution in [1.82, 2.24) is 9.88 Å². The number of fused-ring (bicyclic) bond motifs is 1. The number of hydrogen-bond acceptors (Lipinski definition) is 1. The third-order valence-electron chi connectivity index (χ3n) is 3.40. The van der Waals surface area contributed by atoms with E-state index in [1.54, 1.807) is 0 Å². The van der Waals surface area contributed by atoms with Crippen LogP contribution in [0, 0.1) is 18.8 Å². The van der Waals surface area contributed by atoms with Crippen molar-refractivity contribution in [1.29, 1.82) is 0 Å². The molecule has 0 unspecified atom stereocenters. The Bertz CT molecular complexity index is 558. The number of aryl methyl sites for hydroxylation is 2. The Kier molecular flexibility index (Phi) is 4.07. The van der Waals surface area contributed by atoms with Crippen LogP contribution in [0.5, 0.6) is 0 Å². The van der Waals surface area contributed by atoms with Crippen LogP contribution in [0.25, 0.3) is 10.9 Å². The van der Waals surface area contributed by atoms with Gasteiger partial charge in [0, 0.05) is 43.2 Å². The molecule has 2 heteroatoms. The van der Waals surface area contributed by atoms with Crippen LogP contribution in [0.15, 0.2) is 24.3 Å². The molecule has 0 saturated heterocycles. The van der Waals surface area contributed by atoms with Gasteiger partial charge in [0.15, 0.2) is 0 Å². The third-order valence-corrected chi connectivity index (χ3v) is 3.40. The van der Waals surface area contributed by atoms with Crippen molar-refractivity contribution in [2.75, 3.05) is 6.54 Å². The summed E-state index contributed by atoms with van der Waals surface area (Å²) in [6.07, 6.45) is 0.916. The second-order valence-corrected chi connectivity index (χ2v) is 4.50. The summed E-state index contributed by atoms with van der Waals surface area (Å²) in [7, 11) is 2.14. The zero-order chi connectivity index (χ0) is 13.0. The fourth-order valence-electron chi connectivity index (χ4n) is 2.37.